The summed E-state index contributed by atoms with van der Waals surface area (Å²) in [4.78, 5) is 0. The van der Waals surface area contributed by atoms with E-state index in [-0.39, 0.29) is 6.10 Å². The van der Waals surface area contributed by atoms with Gasteiger partial charge in [-0.15, -0.1) is 0 Å². The molecule has 0 aliphatic carbocycles. The molecule has 3 nitrogen and oxygen atoms in total. The molecule has 1 aromatic rings. The molecule has 1 aromatic carbocycles. The van der Waals surface area contributed by atoms with E-state index in [2.05, 4.69) is 38.2 Å². The van der Waals surface area contributed by atoms with Gasteiger partial charge in [-0.25, -0.2) is 0 Å². The van der Waals surface area contributed by atoms with E-state index in [4.69, 9.17) is 9.47 Å². The lowest BCUT2D eigenvalue weighted by Gasteiger charge is -2.16. The molecule has 1 fully saturated rings. The van der Waals surface area contributed by atoms with Gasteiger partial charge in [0, 0.05) is 18.2 Å². The Kier molecular flexibility index (Phi) is 5.23. The Bertz CT molecular complexity index is 392. The van der Waals surface area contributed by atoms with Crippen molar-refractivity contribution in [1.82, 2.24) is 5.32 Å². The minimum atomic E-state index is 0.251. The summed E-state index contributed by atoms with van der Waals surface area (Å²) in [5.41, 5.74) is 1.21. The molecule has 19 heavy (non-hydrogen) atoms. The molecular weight excluding hydrogens is 238 g/mol. The van der Waals surface area contributed by atoms with E-state index in [1.807, 2.05) is 12.1 Å². The summed E-state index contributed by atoms with van der Waals surface area (Å²) >= 11 is 0. The van der Waals surface area contributed by atoms with Crippen molar-refractivity contribution < 1.29 is 9.47 Å². The Morgan fingerprint density at radius 3 is 2.79 bits per heavy atom. The van der Waals surface area contributed by atoms with Crippen molar-refractivity contribution in [2.45, 2.75) is 58.4 Å². The van der Waals surface area contributed by atoms with Crippen LogP contribution in [0.2, 0.25) is 0 Å². The summed E-state index contributed by atoms with van der Waals surface area (Å²) in [5.74, 6) is 0.971. The molecule has 1 N–H and O–H groups in total. The predicted octanol–water partition coefficient (Wildman–Crippen LogP) is 3.13. The molecule has 2 rings (SSSR count). The molecule has 1 aliphatic rings. The van der Waals surface area contributed by atoms with Crippen molar-refractivity contribution in [2.75, 3.05) is 6.61 Å². The first kappa shape index (κ1) is 14.4. The molecule has 0 spiro atoms. The highest BCUT2D eigenvalue weighted by Crippen LogP contribution is 2.22. The minimum Gasteiger partial charge on any atom is -0.491 e. The molecule has 2 atom stereocenters. The van der Waals surface area contributed by atoms with Crippen LogP contribution in [0.25, 0.3) is 0 Å². The van der Waals surface area contributed by atoms with Gasteiger partial charge in [0.05, 0.1) is 12.2 Å². The zero-order valence-corrected chi connectivity index (χ0v) is 12.2. The highest BCUT2D eigenvalue weighted by molar-refractivity contribution is 5.33. The number of rotatable bonds is 6. The minimum absolute atomic E-state index is 0.251. The fourth-order valence-electron chi connectivity index (χ4n) is 2.30. The molecule has 1 heterocycles. The molecule has 1 aliphatic heterocycles. The maximum atomic E-state index is 5.94. The van der Waals surface area contributed by atoms with E-state index in [0.717, 1.165) is 25.1 Å². The molecule has 0 bridgehead atoms. The third-order valence-electron chi connectivity index (χ3n) is 3.42. The fourth-order valence-corrected chi connectivity index (χ4v) is 2.30. The first-order valence-corrected chi connectivity index (χ1v) is 7.24. The highest BCUT2D eigenvalue weighted by atomic mass is 16.5. The lowest BCUT2D eigenvalue weighted by Crippen LogP contribution is -2.23. The smallest absolute Gasteiger partial charge is 0.123 e. The summed E-state index contributed by atoms with van der Waals surface area (Å²) in [7, 11) is 0. The van der Waals surface area contributed by atoms with Crippen LogP contribution in [0.5, 0.6) is 5.75 Å². The third kappa shape index (κ3) is 4.51. The Morgan fingerprint density at radius 2 is 2.11 bits per heavy atom. The van der Waals surface area contributed by atoms with E-state index < -0.39 is 0 Å². The zero-order valence-electron chi connectivity index (χ0n) is 12.2. The van der Waals surface area contributed by atoms with Gasteiger partial charge < -0.3 is 14.8 Å². The molecule has 106 valence electrons. The van der Waals surface area contributed by atoms with Crippen LogP contribution in [0.15, 0.2) is 24.3 Å². The topological polar surface area (TPSA) is 30.5 Å². The average molecular weight is 263 g/mol. The number of hydrogen-bond donors (Lipinski definition) is 1. The van der Waals surface area contributed by atoms with Crippen molar-refractivity contribution >= 4 is 0 Å². The van der Waals surface area contributed by atoms with Gasteiger partial charge >= 0.3 is 0 Å². The standard InChI is InChI=1S/C16H25NO2/c1-12(2)17-10-14-6-4-5-7-16(14)18-11-15-9-8-13(3)19-15/h4-7,12-13,15,17H,8-11H2,1-3H3. The molecule has 0 aromatic heterocycles. The van der Waals surface area contributed by atoms with Gasteiger partial charge in [-0.2, -0.15) is 0 Å². The van der Waals surface area contributed by atoms with Crippen LogP contribution in [0, 0.1) is 0 Å². The lowest BCUT2D eigenvalue weighted by molar-refractivity contribution is 0.0262. The molecule has 2 unspecified atom stereocenters. The van der Waals surface area contributed by atoms with Crippen LogP contribution < -0.4 is 10.1 Å². The predicted molar refractivity (Wildman–Crippen MR) is 77.5 cm³/mol. The molecule has 0 radical (unpaired) electrons. The van der Waals surface area contributed by atoms with E-state index in [1.54, 1.807) is 0 Å². The normalized spacial score (nSPS) is 22.9. The number of hydrogen-bond acceptors (Lipinski definition) is 3. The number of nitrogens with one attached hydrogen (secondary N) is 1. The van der Waals surface area contributed by atoms with Crippen molar-refractivity contribution in [3.8, 4) is 5.75 Å². The van der Waals surface area contributed by atoms with Crippen LogP contribution >= 0.6 is 0 Å². The van der Waals surface area contributed by atoms with Crippen molar-refractivity contribution in [3.05, 3.63) is 29.8 Å². The molecule has 0 saturated carbocycles. The maximum Gasteiger partial charge on any atom is 0.123 e. The van der Waals surface area contributed by atoms with Gasteiger partial charge in [-0.1, -0.05) is 32.0 Å². The van der Waals surface area contributed by atoms with Crippen LogP contribution in [-0.2, 0) is 11.3 Å². The second-order valence-corrected chi connectivity index (χ2v) is 5.60. The SMILES string of the molecule is CC(C)NCc1ccccc1OCC1CCC(C)O1. The monoisotopic (exact) mass is 263 g/mol. The molecular formula is C16H25NO2. The first-order chi connectivity index (χ1) is 9.15. The Balaban J connectivity index is 1.88. The van der Waals surface area contributed by atoms with Crippen LogP contribution in [0.3, 0.4) is 0 Å². The van der Waals surface area contributed by atoms with Gasteiger partial charge in [0.1, 0.15) is 12.4 Å². The Hall–Kier alpha value is -1.06. The van der Waals surface area contributed by atoms with Gasteiger partial charge in [0.2, 0.25) is 0 Å². The Morgan fingerprint density at radius 1 is 1.32 bits per heavy atom. The van der Waals surface area contributed by atoms with E-state index in [9.17, 15) is 0 Å². The maximum absolute atomic E-state index is 5.94. The highest BCUT2D eigenvalue weighted by Gasteiger charge is 2.22. The number of para-hydroxylation sites is 1. The number of benzene rings is 1. The lowest BCUT2D eigenvalue weighted by atomic mass is 10.2. The largest absolute Gasteiger partial charge is 0.491 e. The Labute approximate surface area is 116 Å². The zero-order chi connectivity index (χ0) is 13.7. The van der Waals surface area contributed by atoms with Crippen LogP contribution in [-0.4, -0.2) is 24.9 Å². The van der Waals surface area contributed by atoms with Crippen molar-refractivity contribution in [3.63, 3.8) is 0 Å². The molecule has 3 heteroatoms. The van der Waals surface area contributed by atoms with Crippen molar-refractivity contribution in [2.24, 2.45) is 0 Å². The first-order valence-electron chi connectivity index (χ1n) is 7.24. The summed E-state index contributed by atoms with van der Waals surface area (Å²) in [6.07, 6.45) is 2.88. The summed E-state index contributed by atoms with van der Waals surface area (Å²) in [6.45, 7) is 7.92. The van der Waals surface area contributed by atoms with Crippen LogP contribution in [0.4, 0.5) is 0 Å². The molecule has 0 amide bonds. The van der Waals surface area contributed by atoms with E-state index in [1.165, 1.54) is 5.56 Å². The quantitative estimate of drug-likeness (QED) is 0.855. The van der Waals surface area contributed by atoms with Crippen molar-refractivity contribution in [1.29, 1.82) is 0 Å². The van der Waals surface area contributed by atoms with Gasteiger partial charge in [0.15, 0.2) is 0 Å². The van der Waals surface area contributed by atoms with E-state index >= 15 is 0 Å². The van der Waals surface area contributed by atoms with Gasteiger partial charge in [-0.05, 0) is 25.8 Å². The van der Waals surface area contributed by atoms with Crippen LogP contribution in [0.1, 0.15) is 39.2 Å². The summed E-state index contributed by atoms with van der Waals surface area (Å²) in [6, 6.07) is 8.70. The fraction of sp³-hybridized carbons (Fsp3) is 0.625. The average Bonchev–Trinajstić information content (AvgIpc) is 2.80. The molecule has 1 saturated heterocycles. The van der Waals surface area contributed by atoms with Gasteiger partial charge in [0.25, 0.3) is 0 Å². The third-order valence-corrected chi connectivity index (χ3v) is 3.42. The second-order valence-electron chi connectivity index (χ2n) is 5.60. The summed E-state index contributed by atoms with van der Waals surface area (Å²) < 4.78 is 11.7. The summed E-state index contributed by atoms with van der Waals surface area (Å²) in [5, 5.41) is 3.43. The van der Waals surface area contributed by atoms with Gasteiger partial charge in [-0.3, -0.25) is 0 Å². The van der Waals surface area contributed by atoms with E-state index in [0.29, 0.717) is 18.8 Å². The second kappa shape index (κ2) is 6.92. The number of ether oxygens (including phenoxy) is 2.